The van der Waals surface area contributed by atoms with Crippen LogP contribution in [0, 0.1) is 5.92 Å². The van der Waals surface area contributed by atoms with Crippen molar-refractivity contribution in [3.05, 3.63) is 35.4 Å². The van der Waals surface area contributed by atoms with Gasteiger partial charge < -0.3 is 9.64 Å². The number of rotatable bonds is 2. The molecule has 1 aromatic carbocycles. The number of carbonyl (C=O) groups is 1. The second kappa shape index (κ2) is 5.92. The number of hydrogen-bond donors (Lipinski definition) is 0. The zero-order valence-corrected chi connectivity index (χ0v) is 12.8. The first-order valence-electron chi connectivity index (χ1n) is 7.84. The molecular formula is C18H23NO2. The van der Waals surface area contributed by atoms with Crippen molar-refractivity contribution in [1.82, 2.24) is 4.90 Å². The number of fused-ring (bicyclic) bond motifs is 1. The number of ether oxygens (including phenoxy) is 1. The van der Waals surface area contributed by atoms with Crippen molar-refractivity contribution >= 4 is 12.0 Å². The van der Waals surface area contributed by atoms with E-state index in [1.807, 2.05) is 42.3 Å². The van der Waals surface area contributed by atoms with E-state index in [1.54, 1.807) is 0 Å². The van der Waals surface area contributed by atoms with E-state index in [1.165, 1.54) is 12.8 Å². The van der Waals surface area contributed by atoms with Gasteiger partial charge >= 0.3 is 0 Å². The van der Waals surface area contributed by atoms with E-state index in [9.17, 15) is 4.79 Å². The van der Waals surface area contributed by atoms with E-state index in [0.29, 0.717) is 12.6 Å². The molecule has 0 radical (unpaired) electrons. The molecule has 0 atom stereocenters. The summed E-state index contributed by atoms with van der Waals surface area (Å²) in [4.78, 5) is 14.6. The molecule has 3 heteroatoms. The molecule has 1 fully saturated rings. The Morgan fingerprint density at radius 1 is 1.19 bits per heavy atom. The minimum absolute atomic E-state index is 0.115. The monoisotopic (exact) mass is 285 g/mol. The molecule has 1 aromatic rings. The van der Waals surface area contributed by atoms with Gasteiger partial charge in [0, 0.05) is 18.7 Å². The zero-order valence-electron chi connectivity index (χ0n) is 12.8. The predicted octanol–water partition coefficient (Wildman–Crippen LogP) is 3.50. The summed E-state index contributed by atoms with van der Waals surface area (Å²) in [5.41, 5.74) is 1.76. The maximum absolute atomic E-state index is 12.7. The fraction of sp³-hybridized carbons (Fsp3) is 0.500. The Balaban J connectivity index is 1.72. The molecule has 112 valence electrons. The van der Waals surface area contributed by atoms with Crippen LogP contribution in [-0.4, -0.2) is 30.5 Å². The minimum Gasteiger partial charge on any atom is -0.488 e. The Morgan fingerprint density at radius 3 is 2.67 bits per heavy atom. The van der Waals surface area contributed by atoms with Gasteiger partial charge in [-0.2, -0.15) is 0 Å². The van der Waals surface area contributed by atoms with Gasteiger partial charge in [0.15, 0.2) is 0 Å². The molecule has 0 unspecified atom stereocenters. The van der Waals surface area contributed by atoms with Crippen molar-refractivity contribution in [3.63, 3.8) is 0 Å². The van der Waals surface area contributed by atoms with Crippen molar-refractivity contribution in [2.24, 2.45) is 5.92 Å². The largest absolute Gasteiger partial charge is 0.488 e. The molecule has 0 aromatic heterocycles. The molecule has 1 aliphatic heterocycles. The van der Waals surface area contributed by atoms with Gasteiger partial charge in [0.25, 0.3) is 5.91 Å². The first-order valence-corrected chi connectivity index (χ1v) is 7.84. The first-order chi connectivity index (χ1) is 10.1. The standard InChI is InChI=1S/C18H23NO2/c1-13-7-9-16(10-8-13)19(2)18(20)15-11-14-5-3-4-6-17(14)21-12-15/h3-6,11,13,16H,7-10,12H2,1-2H3. The van der Waals surface area contributed by atoms with Crippen LogP contribution in [0.3, 0.4) is 0 Å². The smallest absolute Gasteiger partial charge is 0.253 e. The average Bonchev–Trinajstić information content (AvgIpc) is 2.54. The van der Waals surface area contributed by atoms with E-state index < -0.39 is 0 Å². The normalized spacial score (nSPS) is 24.6. The summed E-state index contributed by atoms with van der Waals surface area (Å²) in [5.74, 6) is 1.78. The first kappa shape index (κ1) is 14.2. The highest BCUT2D eigenvalue weighted by molar-refractivity contribution is 5.99. The summed E-state index contributed by atoms with van der Waals surface area (Å²) in [7, 11) is 1.93. The molecule has 0 spiro atoms. The summed E-state index contributed by atoms with van der Waals surface area (Å²) in [5, 5.41) is 0. The molecule has 1 saturated carbocycles. The third-order valence-corrected chi connectivity index (χ3v) is 4.76. The van der Waals surface area contributed by atoms with E-state index in [-0.39, 0.29) is 5.91 Å². The van der Waals surface area contributed by atoms with E-state index >= 15 is 0 Å². The lowest BCUT2D eigenvalue weighted by molar-refractivity contribution is -0.128. The number of carbonyl (C=O) groups excluding carboxylic acids is 1. The second-order valence-electron chi connectivity index (χ2n) is 6.33. The molecular weight excluding hydrogens is 262 g/mol. The van der Waals surface area contributed by atoms with Crippen LogP contribution in [0.4, 0.5) is 0 Å². The topological polar surface area (TPSA) is 29.5 Å². The van der Waals surface area contributed by atoms with Gasteiger partial charge in [-0.05, 0) is 43.7 Å². The van der Waals surface area contributed by atoms with Crippen molar-refractivity contribution in [2.45, 2.75) is 38.6 Å². The Bertz CT molecular complexity index is 556. The highest BCUT2D eigenvalue weighted by atomic mass is 16.5. The number of benzene rings is 1. The van der Waals surface area contributed by atoms with Gasteiger partial charge in [0.1, 0.15) is 12.4 Å². The van der Waals surface area contributed by atoms with Gasteiger partial charge in [-0.25, -0.2) is 0 Å². The van der Waals surface area contributed by atoms with Gasteiger partial charge in [-0.15, -0.1) is 0 Å². The number of nitrogens with zero attached hydrogens (tertiary/aromatic N) is 1. The minimum atomic E-state index is 0.115. The summed E-state index contributed by atoms with van der Waals surface area (Å²) in [6, 6.07) is 8.24. The molecule has 3 nitrogen and oxygen atoms in total. The Labute approximate surface area is 126 Å². The molecule has 0 saturated heterocycles. The van der Waals surface area contributed by atoms with E-state index in [2.05, 4.69) is 6.92 Å². The highest BCUT2D eigenvalue weighted by Gasteiger charge is 2.27. The third kappa shape index (κ3) is 2.97. The molecule has 1 aliphatic carbocycles. The maximum atomic E-state index is 12.7. The lowest BCUT2D eigenvalue weighted by atomic mass is 9.86. The number of likely N-dealkylation sites (N-methyl/N-ethyl adjacent to an activating group) is 1. The van der Waals surface area contributed by atoms with Crippen LogP contribution >= 0.6 is 0 Å². The predicted molar refractivity (Wildman–Crippen MR) is 84.1 cm³/mol. The Hall–Kier alpha value is -1.77. The Kier molecular flexibility index (Phi) is 4.00. The van der Waals surface area contributed by atoms with Crippen molar-refractivity contribution in [2.75, 3.05) is 13.7 Å². The van der Waals surface area contributed by atoms with Crippen LogP contribution in [0.25, 0.3) is 6.08 Å². The van der Waals surface area contributed by atoms with Crippen LogP contribution in [0.1, 0.15) is 38.2 Å². The SMILES string of the molecule is CC1CCC(N(C)C(=O)C2=Cc3ccccc3OC2)CC1. The molecule has 21 heavy (non-hydrogen) atoms. The Morgan fingerprint density at radius 2 is 1.90 bits per heavy atom. The third-order valence-electron chi connectivity index (χ3n) is 4.76. The van der Waals surface area contributed by atoms with Gasteiger partial charge in [-0.3, -0.25) is 4.79 Å². The average molecular weight is 285 g/mol. The number of amides is 1. The lowest BCUT2D eigenvalue weighted by Gasteiger charge is -2.34. The molecule has 1 amide bonds. The van der Waals surface area contributed by atoms with Crippen molar-refractivity contribution in [3.8, 4) is 5.75 Å². The van der Waals surface area contributed by atoms with Gasteiger partial charge in [-0.1, -0.05) is 25.1 Å². The molecule has 3 rings (SSSR count). The van der Waals surface area contributed by atoms with Crippen LogP contribution < -0.4 is 4.74 Å². The molecule has 0 N–H and O–H groups in total. The van der Waals surface area contributed by atoms with Crippen LogP contribution in [0.5, 0.6) is 5.75 Å². The molecule has 2 aliphatic rings. The van der Waals surface area contributed by atoms with Crippen LogP contribution in [0.2, 0.25) is 0 Å². The van der Waals surface area contributed by atoms with Crippen molar-refractivity contribution in [1.29, 1.82) is 0 Å². The van der Waals surface area contributed by atoms with Crippen LogP contribution in [0.15, 0.2) is 29.8 Å². The summed E-state index contributed by atoms with van der Waals surface area (Å²) >= 11 is 0. The molecule has 0 bridgehead atoms. The zero-order chi connectivity index (χ0) is 14.8. The fourth-order valence-electron chi connectivity index (χ4n) is 3.26. The highest BCUT2D eigenvalue weighted by Crippen LogP contribution is 2.29. The van der Waals surface area contributed by atoms with Crippen LogP contribution in [-0.2, 0) is 4.79 Å². The number of hydrogen-bond acceptors (Lipinski definition) is 2. The quantitative estimate of drug-likeness (QED) is 0.832. The summed E-state index contributed by atoms with van der Waals surface area (Å²) < 4.78 is 5.70. The molecule has 1 heterocycles. The van der Waals surface area contributed by atoms with Gasteiger partial charge in [0.05, 0.1) is 5.57 Å². The number of para-hydroxylation sites is 1. The van der Waals surface area contributed by atoms with E-state index in [0.717, 1.165) is 35.6 Å². The second-order valence-corrected chi connectivity index (χ2v) is 6.33. The van der Waals surface area contributed by atoms with Crippen molar-refractivity contribution < 1.29 is 9.53 Å². The summed E-state index contributed by atoms with van der Waals surface area (Å²) in [6.45, 7) is 2.68. The summed E-state index contributed by atoms with van der Waals surface area (Å²) in [6.07, 6.45) is 6.66. The van der Waals surface area contributed by atoms with Gasteiger partial charge in [0.2, 0.25) is 0 Å². The lowest BCUT2D eigenvalue weighted by Crippen LogP contribution is -2.41. The maximum Gasteiger partial charge on any atom is 0.253 e. The van der Waals surface area contributed by atoms with E-state index in [4.69, 9.17) is 4.74 Å². The fourth-order valence-corrected chi connectivity index (χ4v) is 3.26.